The lowest BCUT2D eigenvalue weighted by molar-refractivity contribution is 0.122. The van der Waals surface area contributed by atoms with Gasteiger partial charge in [0, 0.05) is 37.7 Å². The van der Waals surface area contributed by atoms with Crippen LogP contribution < -0.4 is 10.6 Å². The first-order chi connectivity index (χ1) is 12.5. The number of nitrogens with zero attached hydrogens (tertiary/aromatic N) is 3. The summed E-state index contributed by atoms with van der Waals surface area (Å²) in [7, 11) is 6.18. The van der Waals surface area contributed by atoms with E-state index in [4.69, 9.17) is 11.6 Å². The molecular weight excluding hydrogens is 473 g/mol. The highest BCUT2D eigenvalue weighted by Gasteiger charge is 2.30. The maximum absolute atomic E-state index is 6.24. The van der Waals surface area contributed by atoms with Gasteiger partial charge in [-0.3, -0.25) is 9.89 Å². The van der Waals surface area contributed by atoms with Gasteiger partial charge in [0.15, 0.2) is 5.96 Å². The van der Waals surface area contributed by atoms with E-state index in [9.17, 15) is 0 Å². The third-order valence-corrected chi connectivity index (χ3v) is 5.51. The summed E-state index contributed by atoms with van der Waals surface area (Å²) in [5, 5.41) is 7.75. The zero-order valence-electron chi connectivity index (χ0n) is 17.0. The van der Waals surface area contributed by atoms with E-state index in [2.05, 4.69) is 64.6 Å². The molecule has 1 fully saturated rings. The summed E-state index contributed by atoms with van der Waals surface area (Å²) in [6.07, 6.45) is 2.44. The number of rotatable bonds is 7. The van der Waals surface area contributed by atoms with E-state index >= 15 is 0 Å². The Morgan fingerprint density at radius 1 is 1.37 bits per heavy atom. The molecule has 7 heteroatoms. The second-order valence-electron chi connectivity index (χ2n) is 7.16. The molecule has 2 unspecified atom stereocenters. The molecule has 0 aliphatic carbocycles. The van der Waals surface area contributed by atoms with Crippen LogP contribution in [0.1, 0.15) is 31.4 Å². The molecule has 0 radical (unpaired) electrons. The van der Waals surface area contributed by atoms with Gasteiger partial charge in [-0.15, -0.1) is 24.0 Å². The van der Waals surface area contributed by atoms with Crippen LogP contribution in [0, 0.1) is 5.92 Å². The summed E-state index contributed by atoms with van der Waals surface area (Å²) in [4.78, 5) is 9.10. The lowest BCUT2D eigenvalue weighted by Gasteiger charge is -2.40. The van der Waals surface area contributed by atoms with Crippen LogP contribution in [0.15, 0.2) is 29.3 Å². The van der Waals surface area contributed by atoms with E-state index < -0.39 is 0 Å². The number of hydrogen-bond donors (Lipinski definition) is 2. The van der Waals surface area contributed by atoms with Gasteiger partial charge < -0.3 is 15.5 Å². The van der Waals surface area contributed by atoms with Crippen molar-refractivity contribution in [2.45, 2.75) is 25.8 Å². The van der Waals surface area contributed by atoms with E-state index in [1.807, 2.05) is 13.1 Å². The lowest BCUT2D eigenvalue weighted by atomic mass is 9.85. The van der Waals surface area contributed by atoms with Crippen LogP contribution in [-0.2, 0) is 0 Å². The molecular formula is C20H35ClIN5. The topological polar surface area (TPSA) is 42.9 Å². The van der Waals surface area contributed by atoms with Gasteiger partial charge in [-0.1, -0.05) is 30.7 Å². The third-order valence-electron chi connectivity index (χ3n) is 5.28. The van der Waals surface area contributed by atoms with Gasteiger partial charge >= 0.3 is 0 Å². The molecule has 27 heavy (non-hydrogen) atoms. The summed E-state index contributed by atoms with van der Waals surface area (Å²) in [5.74, 6) is 1.41. The molecule has 5 nitrogen and oxygen atoms in total. The lowest BCUT2D eigenvalue weighted by Crippen LogP contribution is -2.46. The van der Waals surface area contributed by atoms with Crippen LogP contribution >= 0.6 is 35.6 Å². The summed E-state index contributed by atoms with van der Waals surface area (Å²) in [5.41, 5.74) is 1.30. The van der Waals surface area contributed by atoms with E-state index in [1.165, 1.54) is 18.4 Å². The number of hydrogen-bond acceptors (Lipinski definition) is 3. The Morgan fingerprint density at radius 2 is 2.15 bits per heavy atom. The Hall–Kier alpha value is -0.570. The third kappa shape index (κ3) is 7.75. The standard InChI is InChI=1S/C20H34ClN5.HI/c1-5-25(3)13-11-23-20(22-2)24-15-17-9-7-12-26(4)19(17)16-8-6-10-18(21)14-16;/h6,8,10,14,17,19H,5,7,9,11-13,15H2,1-4H3,(H2,22,23,24);1H. The Balaban J connectivity index is 0.00000364. The maximum Gasteiger partial charge on any atom is 0.191 e. The van der Waals surface area contributed by atoms with Crippen LogP contribution in [0.25, 0.3) is 0 Å². The van der Waals surface area contributed by atoms with Crippen LogP contribution in [-0.4, -0.2) is 69.6 Å². The van der Waals surface area contributed by atoms with Crippen molar-refractivity contribution >= 4 is 41.5 Å². The summed E-state index contributed by atoms with van der Waals surface area (Å²) < 4.78 is 0. The minimum atomic E-state index is 0. The first-order valence-electron chi connectivity index (χ1n) is 9.64. The van der Waals surface area contributed by atoms with Crippen molar-refractivity contribution in [1.82, 2.24) is 20.4 Å². The number of aliphatic imine (C=N–C) groups is 1. The van der Waals surface area contributed by atoms with Crippen LogP contribution in [0.3, 0.4) is 0 Å². The molecule has 1 aliphatic rings. The van der Waals surface area contributed by atoms with Crippen molar-refractivity contribution < 1.29 is 0 Å². The molecule has 0 saturated carbocycles. The summed E-state index contributed by atoms with van der Waals surface area (Å²) in [6.45, 7) is 7.17. The minimum absolute atomic E-state index is 0. The van der Waals surface area contributed by atoms with E-state index in [0.29, 0.717) is 12.0 Å². The summed E-state index contributed by atoms with van der Waals surface area (Å²) >= 11 is 6.24. The molecule has 1 aromatic carbocycles. The van der Waals surface area contributed by atoms with Crippen molar-refractivity contribution in [3.8, 4) is 0 Å². The smallest absolute Gasteiger partial charge is 0.191 e. The normalized spacial score (nSPS) is 21.0. The molecule has 1 saturated heterocycles. The fourth-order valence-electron chi connectivity index (χ4n) is 3.66. The fourth-order valence-corrected chi connectivity index (χ4v) is 3.86. The highest BCUT2D eigenvalue weighted by molar-refractivity contribution is 14.0. The molecule has 2 rings (SSSR count). The summed E-state index contributed by atoms with van der Waals surface area (Å²) in [6, 6.07) is 8.68. The van der Waals surface area contributed by atoms with Crippen LogP contribution in [0.4, 0.5) is 0 Å². The van der Waals surface area contributed by atoms with Crippen molar-refractivity contribution in [2.75, 3.05) is 53.9 Å². The average molecular weight is 508 g/mol. The zero-order valence-corrected chi connectivity index (χ0v) is 20.1. The van der Waals surface area contributed by atoms with Crippen LogP contribution in [0.2, 0.25) is 5.02 Å². The van der Waals surface area contributed by atoms with Gasteiger partial charge in [-0.2, -0.15) is 0 Å². The average Bonchev–Trinajstić information content (AvgIpc) is 2.64. The van der Waals surface area contributed by atoms with Crippen LogP contribution in [0.5, 0.6) is 0 Å². The predicted molar refractivity (Wildman–Crippen MR) is 127 cm³/mol. The highest BCUT2D eigenvalue weighted by Crippen LogP contribution is 2.35. The van der Waals surface area contributed by atoms with Gasteiger partial charge in [0.05, 0.1) is 0 Å². The number of guanidine groups is 1. The Labute approximate surface area is 186 Å². The molecule has 0 bridgehead atoms. The van der Waals surface area contributed by atoms with Crippen molar-refractivity contribution in [2.24, 2.45) is 10.9 Å². The number of nitrogens with one attached hydrogen (secondary N) is 2. The van der Waals surface area contributed by atoms with Gasteiger partial charge in [-0.25, -0.2) is 0 Å². The molecule has 1 aliphatic heterocycles. The largest absolute Gasteiger partial charge is 0.356 e. The van der Waals surface area contributed by atoms with E-state index in [1.54, 1.807) is 0 Å². The molecule has 154 valence electrons. The quantitative estimate of drug-likeness (QED) is 0.337. The molecule has 1 aromatic rings. The number of piperidine rings is 1. The molecule has 1 heterocycles. The first-order valence-corrected chi connectivity index (χ1v) is 10.0. The molecule has 2 N–H and O–H groups in total. The second kappa shape index (κ2) is 12.8. The Bertz CT molecular complexity index is 583. The van der Waals surface area contributed by atoms with Crippen molar-refractivity contribution in [3.05, 3.63) is 34.9 Å². The van der Waals surface area contributed by atoms with E-state index in [0.717, 1.165) is 43.7 Å². The zero-order chi connectivity index (χ0) is 18.9. The Kier molecular flexibility index (Phi) is 11.6. The van der Waals surface area contributed by atoms with Gasteiger partial charge in [0.1, 0.15) is 0 Å². The number of likely N-dealkylation sites (tertiary alicyclic amines) is 1. The number of halogens is 2. The number of likely N-dealkylation sites (N-methyl/N-ethyl adjacent to an activating group) is 1. The van der Waals surface area contributed by atoms with Gasteiger partial charge in [-0.05, 0) is 63.6 Å². The minimum Gasteiger partial charge on any atom is -0.356 e. The maximum atomic E-state index is 6.24. The number of benzene rings is 1. The monoisotopic (exact) mass is 507 g/mol. The first kappa shape index (κ1) is 24.5. The van der Waals surface area contributed by atoms with Crippen molar-refractivity contribution in [1.29, 1.82) is 0 Å². The molecule has 0 aromatic heterocycles. The Morgan fingerprint density at radius 3 is 2.81 bits per heavy atom. The molecule has 0 amide bonds. The van der Waals surface area contributed by atoms with Crippen molar-refractivity contribution in [3.63, 3.8) is 0 Å². The second-order valence-corrected chi connectivity index (χ2v) is 7.59. The molecule has 0 spiro atoms. The fraction of sp³-hybridized carbons (Fsp3) is 0.650. The molecule has 2 atom stereocenters. The van der Waals surface area contributed by atoms with E-state index in [-0.39, 0.29) is 24.0 Å². The SMILES string of the molecule is CCN(C)CCNC(=NC)NCC1CCCN(C)C1c1cccc(Cl)c1.I. The highest BCUT2D eigenvalue weighted by atomic mass is 127. The van der Waals surface area contributed by atoms with Gasteiger partial charge in [0.2, 0.25) is 0 Å². The van der Waals surface area contributed by atoms with Gasteiger partial charge in [0.25, 0.3) is 0 Å². The predicted octanol–water partition coefficient (Wildman–Crippen LogP) is 3.46.